The molecule has 6 nitrogen and oxygen atoms in total. The quantitative estimate of drug-likeness (QED) is 0.660. The maximum absolute atomic E-state index is 13.6. The second-order valence-corrected chi connectivity index (χ2v) is 7.14. The highest BCUT2D eigenvalue weighted by Gasteiger charge is 2.41. The van der Waals surface area contributed by atoms with Crippen molar-refractivity contribution in [3.63, 3.8) is 0 Å². The Balaban J connectivity index is 2.29. The molecule has 2 aliphatic heterocycles. The minimum Gasteiger partial charge on any atom is -0.493 e. The Morgan fingerprint density at radius 1 is 1.40 bits per heavy atom. The number of esters is 1. The highest BCUT2D eigenvalue weighted by molar-refractivity contribution is 5.76. The lowest BCUT2D eigenvalue weighted by molar-refractivity contribution is -0.160. The van der Waals surface area contributed by atoms with Gasteiger partial charge in [0, 0.05) is 49.3 Å². The first-order valence-corrected chi connectivity index (χ1v) is 9.41. The molecule has 0 aliphatic carbocycles. The van der Waals surface area contributed by atoms with Crippen LogP contribution >= 0.6 is 0 Å². The average molecular weight is 436 g/mol. The average Bonchev–Trinajstić information content (AvgIpc) is 2.90. The number of nitrogens with zero attached hydrogens (tertiary/aromatic N) is 1. The summed E-state index contributed by atoms with van der Waals surface area (Å²) < 4.78 is 156. The third kappa shape index (κ3) is 4.75. The molecule has 0 spiro atoms. The van der Waals surface area contributed by atoms with E-state index in [1.165, 1.54) is 14.2 Å². The number of carbonyl (C=O) groups is 1. The number of fused-ring (bicyclic) bond motifs is 3. The van der Waals surface area contributed by atoms with Crippen molar-refractivity contribution < 1.29 is 42.3 Å². The largest absolute Gasteiger partial charge is 0.493 e. The Hall–Kier alpha value is -1.79. The van der Waals surface area contributed by atoms with Crippen LogP contribution < -0.4 is 15.2 Å². The fourth-order valence-electron chi connectivity index (χ4n) is 3.77. The minimum absolute atomic E-state index is 0.0517. The van der Waals surface area contributed by atoms with Gasteiger partial charge in [0.2, 0.25) is 0 Å². The lowest BCUT2D eigenvalue weighted by Crippen LogP contribution is -2.51. The van der Waals surface area contributed by atoms with Gasteiger partial charge in [-0.1, -0.05) is 27.5 Å². The van der Waals surface area contributed by atoms with E-state index in [2.05, 4.69) is 0 Å². The summed E-state index contributed by atoms with van der Waals surface area (Å²) in [6, 6.07) is -5.48. The van der Waals surface area contributed by atoms with E-state index in [0.717, 1.165) is 6.92 Å². The zero-order valence-electron chi connectivity index (χ0n) is 34.1. The van der Waals surface area contributed by atoms with Crippen molar-refractivity contribution in [3.05, 3.63) is 23.2 Å². The molecule has 1 aromatic carbocycles. The number of hydrogen-bond acceptors (Lipinski definition) is 6. The number of hydrogen-bond donors (Lipinski definition) is 1. The molecular weight excluding hydrogens is 380 g/mol. The summed E-state index contributed by atoms with van der Waals surface area (Å²) in [5, 5.41) is 0. The van der Waals surface area contributed by atoms with E-state index in [-0.39, 0.29) is 42.1 Å². The zero-order valence-corrected chi connectivity index (χ0v) is 17.1. The number of piperidine rings is 1. The van der Waals surface area contributed by atoms with Crippen LogP contribution in [0.2, 0.25) is 0 Å². The number of nitrogens with two attached hydrogens (primary N) is 1. The summed E-state index contributed by atoms with van der Waals surface area (Å²) in [4.78, 5) is 15.2. The first-order chi connectivity index (χ1) is 20.9. The van der Waals surface area contributed by atoms with Crippen LogP contribution in [0.1, 0.15) is 80.7 Å². The highest BCUT2D eigenvalue weighted by atomic mass is 16.5. The van der Waals surface area contributed by atoms with Crippen LogP contribution in [0.25, 0.3) is 0 Å². The summed E-state index contributed by atoms with van der Waals surface area (Å²) in [5.74, 6) is -11.4. The van der Waals surface area contributed by atoms with Crippen molar-refractivity contribution in [1.82, 2.24) is 4.90 Å². The van der Waals surface area contributed by atoms with Crippen molar-refractivity contribution in [3.8, 4) is 11.5 Å². The molecule has 2 heterocycles. The first-order valence-electron chi connectivity index (χ1n) is 17.9. The van der Waals surface area contributed by atoms with Crippen LogP contribution in [0.5, 0.6) is 11.5 Å². The van der Waals surface area contributed by atoms with Crippen molar-refractivity contribution in [2.45, 2.75) is 64.8 Å². The topological polar surface area (TPSA) is 74.0 Å². The van der Waals surface area contributed by atoms with Crippen LogP contribution in [-0.2, 0) is 16.0 Å². The molecule has 4 unspecified atom stereocenters. The summed E-state index contributed by atoms with van der Waals surface area (Å²) in [6.45, 7) is -10.8. The van der Waals surface area contributed by atoms with E-state index in [1.54, 1.807) is 4.90 Å². The Morgan fingerprint density at radius 3 is 2.80 bits per heavy atom. The minimum atomic E-state index is -4.02. The van der Waals surface area contributed by atoms with Crippen molar-refractivity contribution >= 4 is 5.97 Å². The standard InChI is InChI=1S/C24H38N2O4/c1-14(2)9-17-13-26-8-7-16-10-21(28-5)22(29-6)11-18(16)19(26)12-20(17)30-24(27)23(25)15(3)4/h10-11,14-15,17,19-20,23H,7-9,12-13,25H2,1-6H3/t17?,19?,20?,23-/m0/s1/i1D3,3D3,4D3,9D2,10D,11D,14D,15D,20D,23D/t14?,17?,19?,20?,23-. The Bertz CT molecular complexity index is 1380. The van der Waals surface area contributed by atoms with E-state index in [4.69, 9.17) is 41.9 Å². The zero-order chi connectivity index (χ0) is 36.7. The number of benzene rings is 1. The Morgan fingerprint density at radius 2 is 2.13 bits per heavy atom. The Kier molecular flexibility index (Phi) is 2.99. The van der Waals surface area contributed by atoms with E-state index < -0.39 is 81.7 Å². The summed E-state index contributed by atoms with van der Waals surface area (Å²) >= 11 is 0. The third-order valence-electron chi connectivity index (χ3n) is 5.18. The van der Waals surface area contributed by atoms with Crippen LogP contribution in [-0.4, -0.2) is 50.3 Å². The molecule has 0 amide bonds. The molecule has 6 heteroatoms. The predicted octanol–water partition coefficient (Wildman–Crippen LogP) is 3.56. The number of methoxy groups -OCH3 is 2. The summed E-state index contributed by atoms with van der Waals surface area (Å²) in [6.07, 6.45) is -6.87. The van der Waals surface area contributed by atoms with Gasteiger partial charge in [-0.25, -0.2) is 0 Å². The van der Waals surface area contributed by atoms with Gasteiger partial charge >= 0.3 is 5.97 Å². The van der Waals surface area contributed by atoms with Gasteiger partial charge in [0.25, 0.3) is 0 Å². The molecular formula is C24H38N2O4. The maximum Gasteiger partial charge on any atom is 0.323 e. The molecule has 0 aromatic heterocycles. The second kappa shape index (κ2) is 9.56. The second-order valence-electron chi connectivity index (χ2n) is 7.14. The molecule has 30 heavy (non-hydrogen) atoms. The molecule has 5 atom stereocenters. The third-order valence-corrected chi connectivity index (χ3v) is 5.18. The molecule has 1 saturated heterocycles. The fraction of sp³-hybridized carbons (Fsp3) is 0.708. The molecule has 2 N–H and O–H groups in total. The van der Waals surface area contributed by atoms with Crippen molar-refractivity contribution in [1.29, 1.82) is 0 Å². The van der Waals surface area contributed by atoms with Gasteiger partial charge in [-0.05, 0) is 47.8 Å². The van der Waals surface area contributed by atoms with Crippen LogP contribution in [0.3, 0.4) is 0 Å². The van der Waals surface area contributed by atoms with Gasteiger partial charge in [0.05, 0.1) is 19.7 Å². The first kappa shape index (κ1) is 9.37. The van der Waals surface area contributed by atoms with Crippen LogP contribution in [0, 0.1) is 17.7 Å². The summed E-state index contributed by atoms with van der Waals surface area (Å²) in [7, 11) is 2.50. The van der Waals surface area contributed by atoms with Crippen molar-refractivity contribution in [2.75, 3.05) is 27.3 Å². The van der Waals surface area contributed by atoms with Crippen LogP contribution in [0.15, 0.2) is 12.1 Å². The predicted molar refractivity (Wildman–Crippen MR) is 118 cm³/mol. The van der Waals surface area contributed by atoms with Gasteiger partial charge in [-0.15, -0.1) is 0 Å². The lowest BCUT2D eigenvalue weighted by Gasteiger charge is -2.47. The van der Waals surface area contributed by atoms with Gasteiger partial charge in [-0.2, -0.15) is 0 Å². The van der Waals surface area contributed by atoms with Gasteiger partial charge in [0.15, 0.2) is 11.5 Å². The molecule has 1 fully saturated rings. The molecule has 0 bridgehead atoms. The maximum atomic E-state index is 13.6. The molecule has 0 saturated carbocycles. The number of rotatable bonds is 7. The van der Waals surface area contributed by atoms with Gasteiger partial charge in [0.1, 0.15) is 12.1 Å². The lowest BCUT2D eigenvalue weighted by atomic mass is 9.79. The van der Waals surface area contributed by atoms with Gasteiger partial charge in [-0.3, -0.25) is 9.69 Å². The smallest absolute Gasteiger partial charge is 0.323 e. The normalized spacial score (nSPS) is 40.7. The molecule has 2 aliphatic rings. The highest BCUT2D eigenvalue weighted by Crippen LogP contribution is 2.44. The molecule has 1 aromatic rings. The fourth-order valence-corrected chi connectivity index (χ4v) is 3.77. The van der Waals surface area contributed by atoms with Gasteiger partial charge < -0.3 is 19.9 Å². The van der Waals surface area contributed by atoms with Crippen LogP contribution in [0.4, 0.5) is 0 Å². The monoisotopic (exact) mass is 435 g/mol. The van der Waals surface area contributed by atoms with E-state index in [0.29, 0.717) is 5.56 Å². The van der Waals surface area contributed by atoms with E-state index >= 15 is 0 Å². The summed E-state index contributed by atoms with van der Waals surface area (Å²) in [5.41, 5.74) is 6.11. The molecule has 0 radical (unpaired) electrons. The molecule has 168 valence electrons. The SMILES string of the molecule is [2H]c1c2c(c([2H])c(OC)c1OC)C1CC([2H])(OC(=O)[C@@]([2H])(N)C([2H])(C([2H])([2H])[2H])C([2H])([2H])[2H])C(C([2H])([2H])C([2H])(C)C([2H])([2H])[2H])CN1CC2. The Labute approximate surface area is 204 Å². The van der Waals surface area contributed by atoms with E-state index in [1.807, 2.05) is 0 Å². The number of carbonyl (C=O) groups excluding carboxylic acids is 1. The van der Waals surface area contributed by atoms with Crippen molar-refractivity contribution in [2.24, 2.45) is 23.4 Å². The van der Waals surface area contributed by atoms with E-state index in [9.17, 15) is 6.17 Å². The number of ether oxygens (including phenoxy) is 3. The molecule has 3 rings (SSSR count).